The van der Waals surface area contributed by atoms with Crippen LogP contribution in [0, 0.1) is 0 Å². The number of carbonyl (C=O) groups excluding carboxylic acids is 1. The van der Waals surface area contributed by atoms with E-state index in [-0.39, 0.29) is 17.4 Å². The van der Waals surface area contributed by atoms with Gasteiger partial charge in [-0.2, -0.15) is 0 Å². The fourth-order valence-corrected chi connectivity index (χ4v) is 3.44. The molecule has 0 saturated carbocycles. The molecule has 0 unspecified atom stereocenters. The number of aromatic nitrogens is 4. The van der Waals surface area contributed by atoms with E-state index in [0.29, 0.717) is 17.8 Å². The average molecular weight is 422 g/mol. The van der Waals surface area contributed by atoms with Crippen molar-refractivity contribution in [3.8, 4) is 0 Å². The van der Waals surface area contributed by atoms with Crippen molar-refractivity contribution in [2.24, 2.45) is 0 Å². The quantitative estimate of drug-likeness (QED) is 0.420. The Bertz CT molecular complexity index is 1110. The molecule has 0 aliphatic carbocycles. The number of carbonyl (C=O) groups is 1. The minimum Gasteiger partial charge on any atom is -0.353 e. The number of benzene rings is 1. The summed E-state index contributed by atoms with van der Waals surface area (Å²) in [5, 5.41) is 3.44. The van der Waals surface area contributed by atoms with Gasteiger partial charge in [-0.05, 0) is 41.9 Å². The fourth-order valence-electron chi connectivity index (χ4n) is 3.44. The largest absolute Gasteiger partial charge is 0.353 e. The van der Waals surface area contributed by atoms with E-state index in [1.807, 2.05) is 16.8 Å². The average Bonchev–Trinajstić information content (AvgIpc) is 3.25. The molecule has 7 heteroatoms. The van der Waals surface area contributed by atoms with Gasteiger partial charge in [0.2, 0.25) is 5.91 Å². The smallest absolute Gasteiger partial charge is 0.265 e. The second-order valence-electron chi connectivity index (χ2n) is 8.39. The van der Waals surface area contributed by atoms with E-state index in [1.54, 1.807) is 12.5 Å². The second kappa shape index (κ2) is 10.2. The highest BCUT2D eigenvalue weighted by Crippen LogP contribution is 2.27. The summed E-state index contributed by atoms with van der Waals surface area (Å²) in [7, 11) is 0. The Morgan fingerprint density at radius 3 is 2.61 bits per heavy atom. The van der Waals surface area contributed by atoms with Crippen molar-refractivity contribution in [1.82, 2.24) is 24.4 Å². The van der Waals surface area contributed by atoms with Crippen LogP contribution in [0.2, 0.25) is 0 Å². The van der Waals surface area contributed by atoms with Crippen LogP contribution in [0.25, 0.3) is 17.1 Å². The minimum atomic E-state index is -0.228. The molecule has 1 N–H and O–H groups in total. The minimum absolute atomic E-state index is 0.168. The zero-order valence-corrected chi connectivity index (χ0v) is 18.7. The number of imidazole rings is 1. The summed E-state index contributed by atoms with van der Waals surface area (Å²) in [6.07, 6.45) is 11.6. The molecule has 2 aromatic heterocycles. The van der Waals surface area contributed by atoms with E-state index >= 15 is 0 Å². The summed E-state index contributed by atoms with van der Waals surface area (Å²) < 4.78 is 3.38. The van der Waals surface area contributed by atoms with Crippen LogP contribution in [0.1, 0.15) is 63.5 Å². The van der Waals surface area contributed by atoms with Gasteiger partial charge in [0.05, 0.1) is 17.2 Å². The maximum atomic E-state index is 13.0. The molecule has 0 aliphatic heterocycles. The van der Waals surface area contributed by atoms with E-state index in [9.17, 15) is 9.59 Å². The Morgan fingerprint density at radius 1 is 1.13 bits per heavy atom. The molecule has 1 amide bonds. The number of nitrogens with zero attached hydrogens (tertiary/aromatic N) is 4. The lowest BCUT2D eigenvalue weighted by Crippen LogP contribution is -2.23. The van der Waals surface area contributed by atoms with Crippen molar-refractivity contribution in [3.05, 3.63) is 64.7 Å². The predicted molar refractivity (Wildman–Crippen MR) is 124 cm³/mol. The summed E-state index contributed by atoms with van der Waals surface area (Å²) in [6.45, 7) is 9.88. The van der Waals surface area contributed by atoms with Gasteiger partial charge in [-0.15, -0.1) is 0 Å². The van der Waals surface area contributed by atoms with Gasteiger partial charge in [-0.25, -0.2) is 9.97 Å². The Kier molecular flexibility index (Phi) is 7.39. The SMILES string of the molecule is CC(C)c1cc(C(C)C)c2ncn(C=CC(=O)NCCCCn3ccnc3)c(=O)c2c1. The van der Waals surface area contributed by atoms with Crippen LogP contribution in [0.4, 0.5) is 0 Å². The van der Waals surface area contributed by atoms with Crippen LogP contribution in [-0.2, 0) is 11.3 Å². The molecule has 0 bridgehead atoms. The highest BCUT2D eigenvalue weighted by Gasteiger charge is 2.14. The third-order valence-electron chi connectivity index (χ3n) is 5.31. The van der Waals surface area contributed by atoms with Gasteiger partial charge in [0.15, 0.2) is 0 Å². The number of hydrogen-bond acceptors (Lipinski definition) is 4. The lowest BCUT2D eigenvalue weighted by Gasteiger charge is -2.14. The van der Waals surface area contributed by atoms with Gasteiger partial charge in [0, 0.05) is 37.8 Å². The van der Waals surface area contributed by atoms with Crippen molar-refractivity contribution in [2.45, 2.75) is 58.9 Å². The number of fused-ring (bicyclic) bond motifs is 1. The first-order chi connectivity index (χ1) is 14.9. The van der Waals surface area contributed by atoms with Crippen LogP contribution in [0.3, 0.4) is 0 Å². The Balaban J connectivity index is 1.67. The number of rotatable bonds is 9. The molecule has 0 saturated heterocycles. The molecule has 0 radical (unpaired) electrons. The topological polar surface area (TPSA) is 81.8 Å². The molecule has 3 aromatic rings. The zero-order chi connectivity index (χ0) is 22.4. The summed E-state index contributed by atoms with van der Waals surface area (Å²) in [6, 6.07) is 4.07. The molecular formula is C24H31N5O2. The molecule has 0 fully saturated rings. The van der Waals surface area contributed by atoms with Gasteiger partial charge in [0.1, 0.15) is 6.33 Å². The molecule has 164 valence electrons. The van der Waals surface area contributed by atoms with Gasteiger partial charge in [-0.3, -0.25) is 14.2 Å². The molecule has 31 heavy (non-hydrogen) atoms. The van der Waals surface area contributed by atoms with Crippen molar-refractivity contribution in [3.63, 3.8) is 0 Å². The maximum Gasteiger partial charge on any atom is 0.265 e. The molecule has 3 rings (SSSR count). The summed E-state index contributed by atoms with van der Waals surface area (Å²) in [5.41, 5.74) is 2.75. The van der Waals surface area contributed by atoms with Gasteiger partial charge in [0.25, 0.3) is 5.56 Å². The lowest BCUT2D eigenvalue weighted by molar-refractivity contribution is -0.116. The second-order valence-corrected chi connectivity index (χ2v) is 8.39. The Morgan fingerprint density at radius 2 is 1.94 bits per heavy atom. The lowest BCUT2D eigenvalue weighted by atomic mass is 9.93. The predicted octanol–water partition coefficient (Wildman–Crippen LogP) is 3.91. The normalized spacial score (nSPS) is 11.8. The molecule has 2 heterocycles. The van der Waals surface area contributed by atoms with E-state index in [1.165, 1.54) is 23.2 Å². The molecule has 0 atom stereocenters. The van der Waals surface area contributed by atoms with Crippen LogP contribution in [-0.4, -0.2) is 31.6 Å². The first-order valence-electron chi connectivity index (χ1n) is 10.8. The monoisotopic (exact) mass is 421 g/mol. The number of unbranched alkanes of at least 4 members (excludes halogenated alkanes) is 1. The van der Waals surface area contributed by atoms with Crippen LogP contribution >= 0.6 is 0 Å². The van der Waals surface area contributed by atoms with Crippen molar-refractivity contribution < 1.29 is 4.79 Å². The molecular weight excluding hydrogens is 390 g/mol. The highest BCUT2D eigenvalue weighted by atomic mass is 16.1. The maximum absolute atomic E-state index is 13.0. The van der Waals surface area contributed by atoms with Gasteiger partial charge < -0.3 is 9.88 Å². The highest BCUT2D eigenvalue weighted by molar-refractivity contribution is 5.90. The van der Waals surface area contributed by atoms with Crippen LogP contribution in [0.5, 0.6) is 0 Å². The number of amides is 1. The van der Waals surface area contributed by atoms with E-state index in [4.69, 9.17) is 0 Å². The Labute approximate surface area is 182 Å². The molecule has 7 nitrogen and oxygen atoms in total. The number of nitrogens with one attached hydrogen (secondary N) is 1. The van der Waals surface area contributed by atoms with E-state index in [0.717, 1.165) is 36.0 Å². The van der Waals surface area contributed by atoms with Crippen molar-refractivity contribution >= 4 is 23.0 Å². The van der Waals surface area contributed by atoms with Crippen molar-refractivity contribution in [2.75, 3.05) is 6.54 Å². The van der Waals surface area contributed by atoms with Crippen LogP contribution in [0.15, 0.2) is 48.1 Å². The first-order valence-corrected chi connectivity index (χ1v) is 10.8. The van der Waals surface area contributed by atoms with Gasteiger partial charge >= 0.3 is 0 Å². The molecule has 1 aromatic carbocycles. The summed E-state index contributed by atoms with van der Waals surface area (Å²) >= 11 is 0. The number of aryl methyl sites for hydroxylation is 1. The summed E-state index contributed by atoms with van der Waals surface area (Å²) in [5.74, 6) is 0.345. The molecule has 0 aliphatic rings. The fraction of sp³-hybridized carbons (Fsp3) is 0.417. The summed E-state index contributed by atoms with van der Waals surface area (Å²) in [4.78, 5) is 33.7. The zero-order valence-electron chi connectivity index (χ0n) is 18.7. The van der Waals surface area contributed by atoms with Crippen molar-refractivity contribution in [1.29, 1.82) is 0 Å². The van der Waals surface area contributed by atoms with Gasteiger partial charge in [-0.1, -0.05) is 33.8 Å². The Hall–Kier alpha value is -3.22. The van der Waals surface area contributed by atoms with E-state index in [2.05, 4.69) is 49.0 Å². The third kappa shape index (κ3) is 5.69. The van der Waals surface area contributed by atoms with E-state index < -0.39 is 0 Å². The molecule has 0 spiro atoms. The first kappa shape index (κ1) is 22.5. The standard InChI is InChI=1S/C24H31N5O2/c1-17(2)19-13-20(18(3)4)23-21(14-19)24(31)29(16-27-23)11-7-22(30)26-8-5-6-10-28-12-9-25-15-28/h7,9,11-18H,5-6,8,10H2,1-4H3,(H,26,30). The third-order valence-corrected chi connectivity index (χ3v) is 5.31. The number of hydrogen-bond donors (Lipinski definition) is 1. The van der Waals surface area contributed by atoms with Crippen LogP contribution < -0.4 is 10.9 Å².